The van der Waals surface area contributed by atoms with E-state index in [0.29, 0.717) is 5.71 Å². The highest BCUT2D eigenvalue weighted by molar-refractivity contribution is 6.17. The highest BCUT2D eigenvalue weighted by atomic mass is 15.2. The Balaban J connectivity index is 1.15. The molecule has 12 rings (SSSR count). The molecule has 0 aromatic heterocycles. The third-order valence-corrected chi connectivity index (χ3v) is 13.0. The van der Waals surface area contributed by atoms with Crippen LogP contribution in [0, 0.1) is 5.41 Å². The largest absolute Gasteiger partial charge is 0.353 e. The Hall–Kier alpha value is -7.49. The van der Waals surface area contributed by atoms with Gasteiger partial charge >= 0.3 is 0 Å². The maximum Gasteiger partial charge on any atom is 0.0955 e. The van der Waals surface area contributed by atoms with Crippen LogP contribution in [-0.2, 0) is 11.8 Å². The van der Waals surface area contributed by atoms with Crippen LogP contribution in [-0.4, -0.2) is 5.71 Å². The van der Waals surface area contributed by atoms with Gasteiger partial charge in [-0.15, -0.1) is 0 Å². The second-order valence-corrected chi connectivity index (χ2v) is 16.2. The predicted octanol–water partition coefficient (Wildman–Crippen LogP) is 13.6. The molecule has 278 valence electrons. The minimum Gasteiger partial charge on any atom is -0.353 e. The van der Waals surface area contributed by atoms with Gasteiger partial charge in [0.25, 0.3) is 0 Å². The summed E-state index contributed by atoms with van der Waals surface area (Å²) in [7, 11) is 0. The lowest BCUT2D eigenvalue weighted by Crippen LogP contribution is -2.29. The summed E-state index contributed by atoms with van der Waals surface area (Å²) in [6, 6.07) is 57.9. The lowest BCUT2D eigenvalue weighted by atomic mass is 9.70. The van der Waals surface area contributed by atoms with Gasteiger partial charge < -0.3 is 10.2 Å². The topological polar surface area (TPSA) is 39.1 Å². The van der Waals surface area contributed by atoms with Crippen molar-refractivity contribution in [3.8, 4) is 33.4 Å². The minimum atomic E-state index is -0.507. The zero-order valence-corrected chi connectivity index (χ0v) is 32.5. The first-order chi connectivity index (χ1) is 29.1. The van der Waals surface area contributed by atoms with Crippen LogP contribution in [0.25, 0.3) is 39.5 Å². The van der Waals surface area contributed by atoms with E-state index in [4.69, 9.17) is 0 Å². The fourth-order valence-corrected chi connectivity index (χ4v) is 10.5. The van der Waals surface area contributed by atoms with Gasteiger partial charge in [0, 0.05) is 22.6 Å². The lowest BCUT2D eigenvalue weighted by molar-refractivity contribution is 0.793. The molecule has 1 heterocycles. The molecule has 7 aromatic carbocycles. The normalized spacial score (nSPS) is 16.2. The van der Waals surface area contributed by atoms with Gasteiger partial charge in [0.15, 0.2) is 0 Å². The Kier molecular flexibility index (Phi) is 7.27. The number of rotatable bonds is 5. The van der Waals surface area contributed by atoms with E-state index < -0.39 is 5.41 Å². The van der Waals surface area contributed by atoms with Crippen LogP contribution in [0.4, 0.5) is 17.1 Å². The standard InChI is InChI=1S/C56H39N3/c1-35-13-12-16-39(31-35)54(57)55(53-30-26-36-14-3-11-24-52(36)58-53)59(40-27-25-38-32-37-15-2-4-17-42(37)47(38)33-40)41-28-29-46-45-20-7-10-23-50(45)56(51(46)34-41)48-21-8-5-18-43(48)44-19-6-9-22-49(44)56/h2-12,14-31,33-34,57-58H,1,13,32H2/b55-53+,57-54?. The SMILES string of the molecule is C=C1C=C(C(=N)/C(=C2/C=Cc3ccccc3N2)N(c2ccc3c(c2)-c2ccccc2C3)c2ccc3c(c2)C2(c4ccccc4-c4ccccc42)c2ccccc2-3)C=CC1. The fourth-order valence-electron chi connectivity index (χ4n) is 10.5. The van der Waals surface area contributed by atoms with Gasteiger partial charge in [-0.05, 0) is 128 Å². The summed E-state index contributed by atoms with van der Waals surface area (Å²) in [4.78, 5) is 2.33. The average molecular weight is 754 g/mol. The van der Waals surface area contributed by atoms with E-state index in [1.54, 1.807) is 0 Å². The Labute approximate surface area is 344 Å². The Morgan fingerprint density at radius 3 is 1.88 bits per heavy atom. The van der Waals surface area contributed by atoms with Crippen LogP contribution in [0.15, 0.2) is 211 Å². The maximum absolute atomic E-state index is 10.2. The predicted molar refractivity (Wildman–Crippen MR) is 244 cm³/mol. The van der Waals surface area contributed by atoms with Crippen molar-refractivity contribution >= 4 is 28.8 Å². The molecule has 0 radical (unpaired) electrons. The van der Waals surface area contributed by atoms with Crippen LogP contribution in [0.5, 0.6) is 0 Å². The molecular formula is C56H39N3. The molecule has 5 aliphatic rings. The lowest BCUT2D eigenvalue weighted by Gasteiger charge is -2.34. The Morgan fingerprint density at radius 2 is 1.15 bits per heavy atom. The van der Waals surface area contributed by atoms with Crippen molar-refractivity contribution in [3.63, 3.8) is 0 Å². The zero-order valence-electron chi connectivity index (χ0n) is 32.5. The number of benzene rings is 7. The van der Waals surface area contributed by atoms with Crippen molar-refractivity contribution in [2.24, 2.45) is 0 Å². The number of nitrogens with zero attached hydrogens (tertiary/aromatic N) is 1. The van der Waals surface area contributed by atoms with Gasteiger partial charge in [-0.2, -0.15) is 0 Å². The van der Waals surface area contributed by atoms with Gasteiger partial charge in [0.2, 0.25) is 0 Å². The monoisotopic (exact) mass is 753 g/mol. The third-order valence-electron chi connectivity index (χ3n) is 13.0. The van der Waals surface area contributed by atoms with Crippen molar-refractivity contribution in [1.82, 2.24) is 0 Å². The van der Waals surface area contributed by atoms with E-state index in [-0.39, 0.29) is 0 Å². The van der Waals surface area contributed by atoms with Crippen LogP contribution >= 0.6 is 0 Å². The van der Waals surface area contributed by atoms with Gasteiger partial charge in [-0.1, -0.05) is 158 Å². The number of para-hydroxylation sites is 1. The van der Waals surface area contributed by atoms with E-state index in [0.717, 1.165) is 58.0 Å². The average Bonchev–Trinajstić information content (AvgIpc) is 3.91. The van der Waals surface area contributed by atoms with Gasteiger partial charge in [-0.25, -0.2) is 0 Å². The van der Waals surface area contributed by atoms with Crippen molar-refractivity contribution in [1.29, 1.82) is 5.41 Å². The summed E-state index contributed by atoms with van der Waals surface area (Å²) in [5.41, 5.74) is 22.9. The summed E-state index contributed by atoms with van der Waals surface area (Å²) >= 11 is 0. The number of anilines is 3. The van der Waals surface area contributed by atoms with Crippen LogP contribution < -0.4 is 10.2 Å². The van der Waals surface area contributed by atoms with Crippen molar-refractivity contribution in [2.75, 3.05) is 10.2 Å². The summed E-state index contributed by atoms with van der Waals surface area (Å²) in [6.07, 6.45) is 12.3. The number of allylic oxidation sites excluding steroid dienone is 6. The van der Waals surface area contributed by atoms with E-state index >= 15 is 0 Å². The number of fused-ring (bicyclic) bond motifs is 14. The van der Waals surface area contributed by atoms with Crippen LogP contribution in [0.1, 0.15) is 45.4 Å². The van der Waals surface area contributed by atoms with Crippen LogP contribution in [0.3, 0.4) is 0 Å². The quantitative estimate of drug-likeness (QED) is 0.172. The maximum atomic E-state index is 10.2. The first kappa shape index (κ1) is 33.6. The van der Waals surface area contributed by atoms with Crippen molar-refractivity contribution < 1.29 is 0 Å². The minimum absolute atomic E-state index is 0.421. The molecule has 2 N–H and O–H groups in total. The molecule has 3 heteroatoms. The Morgan fingerprint density at radius 1 is 0.559 bits per heavy atom. The second-order valence-electron chi connectivity index (χ2n) is 16.2. The van der Waals surface area contributed by atoms with Gasteiger partial charge in [-0.3, -0.25) is 5.41 Å². The summed E-state index contributed by atoms with van der Waals surface area (Å²) < 4.78 is 0. The molecule has 59 heavy (non-hydrogen) atoms. The molecule has 0 saturated heterocycles. The number of hydrogen-bond acceptors (Lipinski definition) is 3. The molecule has 1 aliphatic heterocycles. The van der Waals surface area contributed by atoms with E-state index in [2.05, 4.69) is 205 Å². The molecule has 0 saturated carbocycles. The molecule has 7 aromatic rings. The van der Waals surface area contributed by atoms with Gasteiger partial charge in [0.05, 0.1) is 22.5 Å². The molecule has 4 aliphatic carbocycles. The molecular weight excluding hydrogens is 715 g/mol. The fraction of sp³-hybridized carbons (Fsp3) is 0.0536. The smallest absolute Gasteiger partial charge is 0.0955 e. The Bertz CT molecular complexity index is 3070. The van der Waals surface area contributed by atoms with E-state index in [1.807, 2.05) is 0 Å². The molecule has 0 bridgehead atoms. The van der Waals surface area contributed by atoms with E-state index in [1.165, 1.54) is 66.8 Å². The molecule has 0 unspecified atom stereocenters. The molecule has 0 atom stereocenters. The van der Waals surface area contributed by atoms with Crippen molar-refractivity contribution in [3.05, 3.63) is 250 Å². The zero-order chi connectivity index (χ0) is 39.2. The molecule has 3 nitrogen and oxygen atoms in total. The van der Waals surface area contributed by atoms with Crippen LogP contribution in [0.2, 0.25) is 0 Å². The van der Waals surface area contributed by atoms with E-state index in [9.17, 15) is 5.41 Å². The summed E-state index contributed by atoms with van der Waals surface area (Å²) in [6.45, 7) is 4.32. The number of hydrogen-bond donors (Lipinski definition) is 2. The highest BCUT2D eigenvalue weighted by Gasteiger charge is 2.51. The second kappa shape index (κ2) is 12.8. The summed E-state index contributed by atoms with van der Waals surface area (Å²) in [5.74, 6) is 0. The molecule has 0 fully saturated rings. The van der Waals surface area contributed by atoms with Crippen molar-refractivity contribution in [2.45, 2.75) is 18.3 Å². The van der Waals surface area contributed by atoms with Gasteiger partial charge in [0.1, 0.15) is 0 Å². The first-order valence-electron chi connectivity index (χ1n) is 20.5. The third kappa shape index (κ3) is 4.85. The number of nitrogens with one attached hydrogen (secondary N) is 2. The highest BCUT2D eigenvalue weighted by Crippen LogP contribution is 2.63. The molecule has 1 spiro atoms. The first-order valence-corrected chi connectivity index (χ1v) is 20.5. The molecule has 0 amide bonds. The summed E-state index contributed by atoms with van der Waals surface area (Å²) in [5, 5.41) is 14.0.